The molecule has 2 rings (SSSR count). The monoisotopic (exact) mass is 290 g/mol. The lowest BCUT2D eigenvalue weighted by molar-refractivity contribution is -0.138. The number of carbonyl (C=O) groups excluding carboxylic acids is 2. The third kappa shape index (κ3) is 2.99. The highest BCUT2D eigenvalue weighted by Crippen LogP contribution is 2.22. The Balaban J connectivity index is 2.44. The second-order valence-electron chi connectivity index (χ2n) is 4.08. The Morgan fingerprint density at radius 2 is 2.05 bits per heavy atom. The largest absolute Gasteiger partial charge is 0.466 e. The molecule has 0 aliphatic heterocycles. The SMILES string of the molecule is COC(=O)/C=C(/Nc1cccc2nnn(C)c12)C(=O)OC. The number of ether oxygens (including phenoxy) is 2. The molecule has 110 valence electrons. The number of nitrogens with zero attached hydrogens (tertiary/aromatic N) is 3. The summed E-state index contributed by atoms with van der Waals surface area (Å²) < 4.78 is 10.7. The topological polar surface area (TPSA) is 95.3 Å². The Labute approximate surface area is 120 Å². The molecular weight excluding hydrogens is 276 g/mol. The number of rotatable bonds is 4. The average molecular weight is 290 g/mol. The second kappa shape index (κ2) is 6.04. The van der Waals surface area contributed by atoms with Crippen molar-refractivity contribution >= 4 is 28.7 Å². The summed E-state index contributed by atoms with van der Waals surface area (Å²) in [5, 5.41) is 10.7. The average Bonchev–Trinajstić information content (AvgIpc) is 2.88. The quantitative estimate of drug-likeness (QED) is 0.651. The standard InChI is InChI=1S/C13H14N4O4/c1-17-12-8(5-4-6-9(12)15-16-17)14-10(13(19)21-3)7-11(18)20-2/h4-7,14H,1-3H3/b10-7+. The molecule has 8 heteroatoms. The number of para-hydroxylation sites is 1. The van der Waals surface area contributed by atoms with Gasteiger partial charge in [-0.05, 0) is 12.1 Å². The Hall–Kier alpha value is -2.90. The van der Waals surface area contributed by atoms with Crippen LogP contribution in [-0.4, -0.2) is 41.2 Å². The van der Waals surface area contributed by atoms with Gasteiger partial charge in [0.15, 0.2) is 0 Å². The maximum Gasteiger partial charge on any atom is 0.354 e. The number of hydrogen-bond donors (Lipinski definition) is 1. The van der Waals surface area contributed by atoms with E-state index in [0.717, 1.165) is 6.08 Å². The van der Waals surface area contributed by atoms with Crippen molar-refractivity contribution in [1.29, 1.82) is 0 Å². The third-order valence-corrected chi connectivity index (χ3v) is 2.76. The van der Waals surface area contributed by atoms with Gasteiger partial charge in [0.1, 0.15) is 16.7 Å². The van der Waals surface area contributed by atoms with Crippen molar-refractivity contribution in [2.75, 3.05) is 19.5 Å². The molecule has 2 aromatic rings. The summed E-state index contributed by atoms with van der Waals surface area (Å²) in [7, 11) is 4.17. The van der Waals surface area contributed by atoms with E-state index in [1.165, 1.54) is 14.2 Å². The number of fused-ring (bicyclic) bond motifs is 1. The minimum atomic E-state index is -0.687. The number of anilines is 1. The maximum absolute atomic E-state index is 11.7. The zero-order valence-electron chi connectivity index (χ0n) is 11.8. The number of methoxy groups -OCH3 is 2. The van der Waals surface area contributed by atoms with Crippen LogP contribution in [0, 0.1) is 0 Å². The van der Waals surface area contributed by atoms with Gasteiger partial charge < -0.3 is 14.8 Å². The van der Waals surface area contributed by atoms with Crippen molar-refractivity contribution in [2.24, 2.45) is 7.05 Å². The van der Waals surface area contributed by atoms with Gasteiger partial charge in [-0.3, -0.25) is 0 Å². The summed E-state index contributed by atoms with van der Waals surface area (Å²) in [6.07, 6.45) is 1.02. The Morgan fingerprint density at radius 1 is 1.29 bits per heavy atom. The fraction of sp³-hybridized carbons (Fsp3) is 0.231. The molecule has 0 fully saturated rings. The van der Waals surface area contributed by atoms with Crippen LogP contribution >= 0.6 is 0 Å². The van der Waals surface area contributed by atoms with E-state index in [-0.39, 0.29) is 5.70 Å². The molecule has 0 radical (unpaired) electrons. The molecule has 0 unspecified atom stereocenters. The first-order valence-corrected chi connectivity index (χ1v) is 6.00. The summed E-state index contributed by atoms with van der Waals surface area (Å²) in [6.45, 7) is 0. The lowest BCUT2D eigenvalue weighted by atomic mass is 10.2. The van der Waals surface area contributed by atoms with Crippen molar-refractivity contribution in [3.05, 3.63) is 30.0 Å². The van der Waals surface area contributed by atoms with Crippen LogP contribution in [0.25, 0.3) is 11.0 Å². The molecule has 8 nitrogen and oxygen atoms in total. The van der Waals surface area contributed by atoms with Crippen LogP contribution in [0.2, 0.25) is 0 Å². The van der Waals surface area contributed by atoms with E-state index in [0.29, 0.717) is 16.7 Å². The molecule has 0 amide bonds. The van der Waals surface area contributed by atoms with Crippen LogP contribution in [0.3, 0.4) is 0 Å². The molecule has 0 spiro atoms. The van der Waals surface area contributed by atoms with Crippen LogP contribution in [-0.2, 0) is 26.1 Å². The molecule has 1 heterocycles. The van der Waals surface area contributed by atoms with Gasteiger partial charge in [0.2, 0.25) is 0 Å². The molecule has 21 heavy (non-hydrogen) atoms. The number of aromatic nitrogens is 3. The van der Waals surface area contributed by atoms with E-state index in [2.05, 4.69) is 25.1 Å². The highest BCUT2D eigenvalue weighted by atomic mass is 16.5. The second-order valence-corrected chi connectivity index (χ2v) is 4.08. The molecule has 0 bridgehead atoms. The first kappa shape index (κ1) is 14.5. The van der Waals surface area contributed by atoms with Gasteiger partial charge >= 0.3 is 11.9 Å². The van der Waals surface area contributed by atoms with E-state index >= 15 is 0 Å². The van der Waals surface area contributed by atoms with Gasteiger partial charge in [-0.1, -0.05) is 11.3 Å². The summed E-state index contributed by atoms with van der Waals surface area (Å²) in [6, 6.07) is 5.28. The smallest absolute Gasteiger partial charge is 0.354 e. The van der Waals surface area contributed by atoms with Crippen molar-refractivity contribution in [3.8, 4) is 0 Å². The van der Waals surface area contributed by atoms with Gasteiger partial charge in [0.25, 0.3) is 0 Å². The Kier molecular flexibility index (Phi) is 4.17. The minimum Gasteiger partial charge on any atom is -0.466 e. The minimum absolute atomic E-state index is 0.0435. The third-order valence-electron chi connectivity index (χ3n) is 2.76. The van der Waals surface area contributed by atoms with Gasteiger partial charge in [-0.2, -0.15) is 0 Å². The van der Waals surface area contributed by atoms with Crippen molar-refractivity contribution in [1.82, 2.24) is 15.0 Å². The van der Waals surface area contributed by atoms with Crippen LogP contribution in [0.1, 0.15) is 0 Å². The zero-order chi connectivity index (χ0) is 15.4. The van der Waals surface area contributed by atoms with Gasteiger partial charge in [-0.15, -0.1) is 5.10 Å². The number of aryl methyl sites for hydroxylation is 1. The Morgan fingerprint density at radius 3 is 2.71 bits per heavy atom. The van der Waals surface area contributed by atoms with E-state index in [4.69, 9.17) is 0 Å². The Bertz CT molecular complexity index is 720. The maximum atomic E-state index is 11.7. The van der Waals surface area contributed by atoms with Gasteiger partial charge in [-0.25, -0.2) is 14.3 Å². The highest BCUT2D eigenvalue weighted by Gasteiger charge is 2.15. The molecule has 0 aliphatic rings. The zero-order valence-corrected chi connectivity index (χ0v) is 11.8. The first-order valence-electron chi connectivity index (χ1n) is 6.00. The number of carbonyl (C=O) groups is 2. The summed E-state index contributed by atoms with van der Waals surface area (Å²) >= 11 is 0. The number of benzene rings is 1. The van der Waals surface area contributed by atoms with Crippen LogP contribution in [0.5, 0.6) is 0 Å². The molecule has 0 saturated carbocycles. The fourth-order valence-corrected chi connectivity index (χ4v) is 1.79. The van der Waals surface area contributed by atoms with Gasteiger partial charge in [0, 0.05) is 7.05 Å². The van der Waals surface area contributed by atoms with Crippen molar-refractivity contribution < 1.29 is 19.1 Å². The summed E-state index contributed by atoms with van der Waals surface area (Å²) in [5.41, 5.74) is 1.88. The number of hydrogen-bond acceptors (Lipinski definition) is 7. The van der Waals surface area contributed by atoms with Crippen molar-refractivity contribution in [2.45, 2.75) is 0 Å². The molecule has 1 N–H and O–H groups in total. The van der Waals surface area contributed by atoms with E-state index in [9.17, 15) is 9.59 Å². The predicted octanol–water partition coefficient (Wildman–Crippen LogP) is 0.610. The van der Waals surface area contributed by atoms with Crippen LogP contribution in [0.15, 0.2) is 30.0 Å². The molecule has 1 aromatic carbocycles. The number of nitrogens with one attached hydrogen (secondary N) is 1. The van der Waals surface area contributed by atoms with E-state index in [1.54, 1.807) is 29.9 Å². The fourth-order valence-electron chi connectivity index (χ4n) is 1.79. The van der Waals surface area contributed by atoms with E-state index < -0.39 is 11.9 Å². The molecule has 0 saturated heterocycles. The predicted molar refractivity (Wildman–Crippen MR) is 74.2 cm³/mol. The first-order chi connectivity index (χ1) is 10.1. The molecule has 1 aromatic heterocycles. The van der Waals surface area contributed by atoms with E-state index in [1.807, 2.05) is 0 Å². The lowest BCUT2D eigenvalue weighted by Gasteiger charge is -2.10. The highest BCUT2D eigenvalue weighted by molar-refractivity contribution is 6.01. The van der Waals surface area contributed by atoms with Crippen molar-refractivity contribution in [3.63, 3.8) is 0 Å². The number of esters is 2. The molecular formula is C13H14N4O4. The lowest BCUT2D eigenvalue weighted by Crippen LogP contribution is -2.16. The molecule has 0 atom stereocenters. The van der Waals surface area contributed by atoms with Gasteiger partial charge in [0.05, 0.1) is 26.0 Å². The van der Waals surface area contributed by atoms with Crippen LogP contribution < -0.4 is 5.32 Å². The summed E-state index contributed by atoms with van der Waals surface area (Å²) in [4.78, 5) is 23.1. The summed E-state index contributed by atoms with van der Waals surface area (Å²) in [5.74, 6) is -1.36. The molecule has 0 aliphatic carbocycles. The van der Waals surface area contributed by atoms with Crippen LogP contribution in [0.4, 0.5) is 5.69 Å². The normalized spacial score (nSPS) is 11.3.